The van der Waals surface area contributed by atoms with E-state index in [2.05, 4.69) is 20.4 Å². The largest absolute Gasteiger partial charge is 0.351 e. The van der Waals surface area contributed by atoms with Crippen molar-refractivity contribution in [1.82, 2.24) is 33.9 Å². The van der Waals surface area contributed by atoms with Crippen LogP contribution in [0.15, 0.2) is 29.6 Å². The number of aryl methyl sites for hydroxylation is 2. The van der Waals surface area contributed by atoms with E-state index in [1.165, 1.54) is 21.4 Å². The van der Waals surface area contributed by atoms with E-state index < -0.39 is 21.4 Å². The highest BCUT2D eigenvalue weighted by Gasteiger charge is 2.65. The van der Waals surface area contributed by atoms with Gasteiger partial charge in [0.25, 0.3) is 5.92 Å². The number of likely N-dealkylation sites (tertiary alicyclic amines) is 1. The quantitative estimate of drug-likeness (QED) is 0.510. The number of hydrogen-bond donors (Lipinski definition) is 1. The first kappa shape index (κ1) is 25.3. The number of alkyl halides is 2. The van der Waals surface area contributed by atoms with Crippen LogP contribution in [0.3, 0.4) is 0 Å². The van der Waals surface area contributed by atoms with Crippen LogP contribution >= 0.6 is 0 Å². The molecule has 0 amide bonds. The van der Waals surface area contributed by atoms with E-state index in [9.17, 15) is 8.42 Å². The smallest absolute Gasteiger partial charge is 0.274 e. The van der Waals surface area contributed by atoms with Gasteiger partial charge in [-0.05, 0) is 32.9 Å². The van der Waals surface area contributed by atoms with E-state index in [0.717, 1.165) is 5.39 Å². The second-order valence-corrected chi connectivity index (χ2v) is 12.8. The second kappa shape index (κ2) is 8.78. The summed E-state index contributed by atoms with van der Waals surface area (Å²) in [5.41, 5.74) is 0.191. The highest BCUT2D eigenvalue weighted by Crippen LogP contribution is 2.50. The monoisotopic (exact) mass is 547 g/mol. The van der Waals surface area contributed by atoms with Crippen molar-refractivity contribution in [1.29, 1.82) is 0 Å². The Morgan fingerprint density at radius 3 is 2.45 bits per heavy atom. The molecule has 3 aromatic heterocycles. The molecule has 14 heteroatoms. The molecule has 6 heterocycles. The lowest BCUT2D eigenvalue weighted by Gasteiger charge is -2.48. The minimum absolute atomic E-state index is 0.0282. The van der Waals surface area contributed by atoms with Gasteiger partial charge in [0.15, 0.2) is 5.82 Å². The molecule has 1 spiro atoms. The summed E-state index contributed by atoms with van der Waals surface area (Å²) in [6, 6.07) is 1.82. The first-order chi connectivity index (χ1) is 18.0. The molecule has 0 aliphatic carbocycles. The summed E-state index contributed by atoms with van der Waals surface area (Å²) in [5, 5.41) is 8.03. The summed E-state index contributed by atoms with van der Waals surface area (Å²) < 4.78 is 58.9. The number of piperidine rings is 1. The van der Waals surface area contributed by atoms with Crippen LogP contribution < -0.4 is 10.2 Å². The summed E-state index contributed by atoms with van der Waals surface area (Å²) in [6.45, 7) is 3.11. The number of anilines is 2. The van der Waals surface area contributed by atoms with Crippen LogP contribution in [-0.2, 0) is 17.1 Å². The molecular formula is C24H31F2N9O2S. The molecule has 1 N–H and O–H groups in total. The summed E-state index contributed by atoms with van der Waals surface area (Å²) in [5.74, 6) is -1.98. The summed E-state index contributed by atoms with van der Waals surface area (Å²) in [7, 11) is -0.0564. The van der Waals surface area contributed by atoms with Crippen molar-refractivity contribution in [3.8, 4) is 0 Å². The van der Waals surface area contributed by atoms with Gasteiger partial charge in [-0.25, -0.2) is 32.2 Å². The lowest BCUT2D eigenvalue weighted by atomic mass is 9.76. The standard InChI is InChI=1S/C24H31F2N9O2S/c1-16-8-17-9-27-22(30-18-4-6-35(7-5-18)38(36,37)19-10-28-33(3)11-19)31-20(17)21(29-16)34-14-23(12-32(2)13-23)24(25,26)15-34/h8-11,18H,4-7,12-15H2,1-3H3,(H,27,30,31). The van der Waals surface area contributed by atoms with Crippen molar-refractivity contribution < 1.29 is 17.2 Å². The van der Waals surface area contributed by atoms with E-state index in [1.807, 2.05) is 24.9 Å². The maximum absolute atomic E-state index is 15.1. The molecule has 3 aliphatic heterocycles. The third kappa shape index (κ3) is 4.18. The molecule has 3 aromatic rings. The van der Waals surface area contributed by atoms with Gasteiger partial charge in [0.1, 0.15) is 10.4 Å². The van der Waals surface area contributed by atoms with Crippen LogP contribution in [0, 0.1) is 12.3 Å². The molecule has 11 nitrogen and oxygen atoms in total. The predicted molar refractivity (Wildman–Crippen MR) is 138 cm³/mol. The molecular weight excluding hydrogens is 516 g/mol. The SMILES string of the molecule is Cc1cc2cnc(NC3CCN(S(=O)(=O)c4cnn(C)c4)CC3)nc2c(N2CC(F)(F)C3(CN(C)C3)C2)n1. The van der Waals surface area contributed by atoms with E-state index >= 15 is 8.78 Å². The Labute approximate surface area is 219 Å². The molecule has 6 rings (SSSR count). The third-order valence-electron chi connectivity index (χ3n) is 7.89. The number of nitrogens with zero attached hydrogens (tertiary/aromatic N) is 8. The Kier molecular flexibility index (Phi) is 5.85. The summed E-state index contributed by atoms with van der Waals surface area (Å²) in [4.78, 5) is 17.6. The van der Waals surface area contributed by atoms with Crippen molar-refractivity contribution in [2.45, 2.75) is 36.6 Å². The van der Waals surface area contributed by atoms with Gasteiger partial charge in [-0.15, -0.1) is 0 Å². The zero-order chi connectivity index (χ0) is 26.9. The van der Waals surface area contributed by atoms with Crippen LogP contribution in [0.5, 0.6) is 0 Å². The van der Waals surface area contributed by atoms with Crippen LogP contribution in [0.2, 0.25) is 0 Å². The van der Waals surface area contributed by atoms with Gasteiger partial charge in [-0.1, -0.05) is 0 Å². The van der Waals surface area contributed by atoms with Crippen LogP contribution in [0.4, 0.5) is 20.5 Å². The zero-order valence-corrected chi connectivity index (χ0v) is 22.4. The number of halogens is 2. The molecule has 204 valence electrons. The maximum Gasteiger partial charge on any atom is 0.274 e. The Morgan fingerprint density at radius 1 is 1.05 bits per heavy atom. The topological polar surface area (TPSA) is 112 Å². The number of nitrogens with one attached hydrogen (secondary N) is 1. The number of aromatic nitrogens is 5. The average molecular weight is 548 g/mol. The Bertz CT molecular complexity index is 1480. The Hall–Kier alpha value is -2.97. The average Bonchev–Trinajstić information content (AvgIpc) is 3.40. The van der Waals surface area contributed by atoms with E-state index in [1.54, 1.807) is 18.1 Å². The molecule has 3 fully saturated rings. The Morgan fingerprint density at radius 2 is 1.79 bits per heavy atom. The fraction of sp³-hybridized carbons (Fsp3) is 0.583. The molecule has 3 aliphatic rings. The van der Waals surface area contributed by atoms with Crippen molar-refractivity contribution >= 4 is 32.7 Å². The molecule has 0 saturated carbocycles. The van der Waals surface area contributed by atoms with Crippen molar-refractivity contribution in [3.63, 3.8) is 0 Å². The Balaban J connectivity index is 1.20. The lowest BCUT2D eigenvalue weighted by Crippen LogP contribution is -2.63. The molecule has 0 aromatic carbocycles. The molecule has 0 radical (unpaired) electrons. The highest BCUT2D eigenvalue weighted by molar-refractivity contribution is 7.89. The number of sulfonamides is 1. The molecule has 0 bridgehead atoms. The van der Waals surface area contributed by atoms with Gasteiger partial charge in [-0.2, -0.15) is 9.40 Å². The van der Waals surface area contributed by atoms with Gasteiger partial charge in [0.2, 0.25) is 16.0 Å². The highest BCUT2D eigenvalue weighted by atomic mass is 32.2. The first-order valence-corrected chi connectivity index (χ1v) is 14.1. The van der Waals surface area contributed by atoms with Gasteiger partial charge in [0, 0.05) is 69.3 Å². The third-order valence-corrected chi connectivity index (χ3v) is 9.74. The van der Waals surface area contributed by atoms with Crippen LogP contribution in [0.25, 0.3) is 10.9 Å². The van der Waals surface area contributed by atoms with Gasteiger partial charge in [0.05, 0.1) is 18.2 Å². The van der Waals surface area contributed by atoms with Crippen LogP contribution in [-0.4, -0.2) is 101 Å². The van der Waals surface area contributed by atoms with Crippen molar-refractivity contribution in [2.24, 2.45) is 12.5 Å². The molecule has 0 unspecified atom stereocenters. The lowest BCUT2D eigenvalue weighted by molar-refractivity contribution is -0.149. The van der Waals surface area contributed by atoms with Crippen LogP contribution in [0.1, 0.15) is 18.5 Å². The van der Waals surface area contributed by atoms with Gasteiger partial charge in [-0.3, -0.25) is 4.68 Å². The van der Waals surface area contributed by atoms with Crippen molar-refractivity contribution in [3.05, 3.63) is 30.4 Å². The number of pyridine rings is 1. The fourth-order valence-electron chi connectivity index (χ4n) is 5.96. The number of fused-ring (bicyclic) bond motifs is 1. The normalized spacial score (nSPS) is 22.3. The van der Waals surface area contributed by atoms with Gasteiger partial charge >= 0.3 is 0 Å². The summed E-state index contributed by atoms with van der Waals surface area (Å²) in [6.07, 6.45) is 5.70. The zero-order valence-electron chi connectivity index (χ0n) is 21.6. The fourth-order valence-corrected chi connectivity index (χ4v) is 7.42. The number of rotatable bonds is 5. The predicted octanol–water partition coefficient (Wildman–Crippen LogP) is 1.72. The van der Waals surface area contributed by atoms with E-state index in [0.29, 0.717) is 62.0 Å². The molecule has 38 heavy (non-hydrogen) atoms. The maximum atomic E-state index is 15.1. The van der Waals surface area contributed by atoms with Gasteiger partial charge < -0.3 is 15.1 Å². The summed E-state index contributed by atoms with van der Waals surface area (Å²) >= 11 is 0. The van der Waals surface area contributed by atoms with Crippen molar-refractivity contribution in [2.75, 3.05) is 56.5 Å². The minimum Gasteiger partial charge on any atom is -0.351 e. The minimum atomic E-state index is -3.59. The first-order valence-electron chi connectivity index (χ1n) is 12.7. The van der Waals surface area contributed by atoms with E-state index in [-0.39, 0.29) is 24.0 Å². The molecule has 3 saturated heterocycles. The second-order valence-electron chi connectivity index (χ2n) is 10.9. The number of hydrogen-bond acceptors (Lipinski definition) is 9. The molecule has 0 atom stereocenters. The van der Waals surface area contributed by atoms with E-state index in [4.69, 9.17) is 4.98 Å².